The van der Waals surface area contributed by atoms with E-state index in [0.717, 1.165) is 25.7 Å². The molecule has 3 aliphatic rings. The van der Waals surface area contributed by atoms with Crippen molar-refractivity contribution in [2.75, 3.05) is 33.4 Å². The first kappa shape index (κ1) is 20.0. The second-order valence-corrected chi connectivity index (χ2v) is 7.70. The largest absolute Gasteiger partial charge is 0.468 e. The number of nitrogens with zero attached hydrogens (tertiary/aromatic N) is 4. The molecular weight excluding hydrogens is 374 g/mol. The van der Waals surface area contributed by atoms with E-state index in [-0.39, 0.29) is 42.3 Å². The molecule has 2 atom stereocenters. The second kappa shape index (κ2) is 7.73. The van der Waals surface area contributed by atoms with Crippen LogP contribution in [0.15, 0.2) is 6.20 Å². The SMILES string of the molecule is COC(=O)[C@@]12COC[C@@H]1CN(C(=O)c1cn(C3CCC(N)CC3)nn1)C2.Cl. The molecule has 1 saturated carbocycles. The van der Waals surface area contributed by atoms with Gasteiger partial charge in [0.25, 0.3) is 5.91 Å². The number of methoxy groups -OCH3 is 1. The Balaban J connectivity index is 0.00000210. The molecule has 0 radical (unpaired) electrons. The lowest BCUT2D eigenvalue weighted by atomic mass is 9.81. The monoisotopic (exact) mass is 399 g/mol. The molecule has 0 bridgehead atoms. The third-order valence-electron chi connectivity index (χ3n) is 6.10. The fourth-order valence-corrected chi connectivity index (χ4v) is 4.46. The summed E-state index contributed by atoms with van der Waals surface area (Å²) in [7, 11) is 1.37. The van der Waals surface area contributed by atoms with Crippen molar-refractivity contribution < 1.29 is 19.1 Å². The Hall–Kier alpha value is -1.71. The van der Waals surface area contributed by atoms with Crippen LogP contribution in [0.4, 0.5) is 0 Å². The zero-order valence-electron chi connectivity index (χ0n) is 15.4. The number of ether oxygens (including phenoxy) is 2. The fraction of sp³-hybridized carbons (Fsp3) is 0.765. The average Bonchev–Trinajstić information content (AvgIpc) is 3.35. The molecule has 2 N–H and O–H groups in total. The van der Waals surface area contributed by atoms with Gasteiger partial charge in [-0.1, -0.05) is 5.21 Å². The fourth-order valence-electron chi connectivity index (χ4n) is 4.46. The van der Waals surface area contributed by atoms with Crippen LogP contribution in [0.2, 0.25) is 0 Å². The van der Waals surface area contributed by atoms with Gasteiger partial charge in [-0.25, -0.2) is 4.68 Å². The van der Waals surface area contributed by atoms with E-state index >= 15 is 0 Å². The summed E-state index contributed by atoms with van der Waals surface area (Å²) in [6, 6.07) is 0.508. The zero-order chi connectivity index (χ0) is 18.3. The maximum Gasteiger partial charge on any atom is 0.316 e. The molecule has 10 heteroatoms. The van der Waals surface area contributed by atoms with Gasteiger partial charge in [-0.15, -0.1) is 17.5 Å². The molecule has 1 amide bonds. The lowest BCUT2D eigenvalue weighted by molar-refractivity contribution is -0.153. The third kappa shape index (κ3) is 3.43. The molecule has 0 spiro atoms. The summed E-state index contributed by atoms with van der Waals surface area (Å²) in [5, 5.41) is 8.24. The number of fused-ring (bicyclic) bond motifs is 1. The minimum absolute atomic E-state index is 0. The summed E-state index contributed by atoms with van der Waals surface area (Å²) in [4.78, 5) is 26.8. The Labute approximate surface area is 163 Å². The highest BCUT2D eigenvalue weighted by Gasteiger charge is 2.58. The third-order valence-corrected chi connectivity index (χ3v) is 6.10. The molecule has 3 fully saturated rings. The van der Waals surface area contributed by atoms with Gasteiger partial charge < -0.3 is 20.1 Å². The van der Waals surface area contributed by atoms with Crippen LogP contribution in [0.1, 0.15) is 42.2 Å². The lowest BCUT2D eigenvalue weighted by Crippen LogP contribution is -2.41. The van der Waals surface area contributed by atoms with Crippen LogP contribution in [0.5, 0.6) is 0 Å². The molecule has 27 heavy (non-hydrogen) atoms. The molecule has 3 heterocycles. The van der Waals surface area contributed by atoms with Crippen molar-refractivity contribution in [1.29, 1.82) is 0 Å². The summed E-state index contributed by atoms with van der Waals surface area (Å²) < 4.78 is 12.2. The predicted molar refractivity (Wildman–Crippen MR) is 97.4 cm³/mol. The van der Waals surface area contributed by atoms with E-state index in [1.807, 2.05) is 0 Å². The quantitative estimate of drug-likeness (QED) is 0.732. The normalized spacial score (nSPS) is 32.7. The van der Waals surface area contributed by atoms with E-state index in [2.05, 4.69) is 10.3 Å². The van der Waals surface area contributed by atoms with Gasteiger partial charge in [0, 0.05) is 25.0 Å². The van der Waals surface area contributed by atoms with Crippen LogP contribution in [0, 0.1) is 11.3 Å². The van der Waals surface area contributed by atoms with Crippen molar-refractivity contribution in [3.8, 4) is 0 Å². The number of hydrogen-bond donors (Lipinski definition) is 1. The molecule has 0 aromatic carbocycles. The summed E-state index contributed by atoms with van der Waals surface area (Å²) >= 11 is 0. The first-order chi connectivity index (χ1) is 12.5. The number of hydrogen-bond acceptors (Lipinski definition) is 7. The van der Waals surface area contributed by atoms with Gasteiger partial charge in [0.05, 0.1) is 32.6 Å². The highest BCUT2D eigenvalue weighted by molar-refractivity contribution is 5.93. The number of esters is 1. The number of carbonyl (C=O) groups excluding carboxylic acids is 2. The van der Waals surface area contributed by atoms with Gasteiger partial charge in [-0.05, 0) is 25.7 Å². The summed E-state index contributed by atoms with van der Waals surface area (Å²) in [6.07, 6.45) is 5.55. The Morgan fingerprint density at radius 1 is 1.33 bits per heavy atom. The Bertz CT molecular complexity index is 705. The molecule has 1 aromatic heterocycles. The van der Waals surface area contributed by atoms with Gasteiger partial charge in [0.15, 0.2) is 5.69 Å². The van der Waals surface area contributed by atoms with E-state index in [0.29, 0.717) is 32.0 Å². The van der Waals surface area contributed by atoms with E-state index < -0.39 is 5.41 Å². The summed E-state index contributed by atoms with van der Waals surface area (Å²) in [6.45, 7) is 1.53. The maximum absolute atomic E-state index is 12.9. The highest BCUT2D eigenvalue weighted by Crippen LogP contribution is 2.42. The molecule has 150 valence electrons. The molecule has 1 aliphatic carbocycles. The van der Waals surface area contributed by atoms with Crippen LogP contribution in [0.3, 0.4) is 0 Å². The van der Waals surface area contributed by atoms with E-state index in [9.17, 15) is 9.59 Å². The van der Waals surface area contributed by atoms with Crippen molar-refractivity contribution in [1.82, 2.24) is 19.9 Å². The van der Waals surface area contributed by atoms with Gasteiger partial charge in [-0.3, -0.25) is 9.59 Å². The van der Waals surface area contributed by atoms with Crippen molar-refractivity contribution in [2.24, 2.45) is 17.1 Å². The van der Waals surface area contributed by atoms with E-state index in [1.165, 1.54) is 7.11 Å². The van der Waals surface area contributed by atoms with Crippen molar-refractivity contribution in [3.63, 3.8) is 0 Å². The molecule has 4 rings (SSSR count). The van der Waals surface area contributed by atoms with Crippen LogP contribution in [-0.2, 0) is 14.3 Å². The number of amides is 1. The van der Waals surface area contributed by atoms with Gasteiger partial charge in [-0.2, -0.15) is 0 Å². The smallest absolute Gasteiger partial charge is 0.316 e. The number of aromatic nitrogens is 3. The minimum atomic E-state index is -0.750. The van der Waals surface area contributed by atoms with Gasteiger partial charge in [0.2, 0.25) is 0 Å². The average molecular weight is 400 g/mol. The first-order valence-electron chi connectivity index (χ1n) is 9.16. The summed E-state index contributed by atoms with van der Waals surface area (Å²) in [5.74, 6) is -0.535. The Morgan fingerprint density at radius 2 is 2.07 bits per heavy atom. The molecule has 0 unspecified atom stereocenters. The highest BCUT2D eigenvalue weighted by atomic mass is 35.5. The van der Waals surface area contributed by atoms with Crippen LogP contribution in [-0.4, -0.2) is 71.2 Å². The van der Waals surface area contributed by atoms with Gasteiger partial charge >= 0.3 is 5.97 Å². The molecular formula is C17H26ClN5O4. The Morgan fingerprint density at radius 3 is 2.78 bits per heavy atom. The standard InChI is InChI=1S/C17H25N5O4.ClH/c1-25-16(24)17-9-21(6-11(17)8-26-10-17)15(23)14-7-22(20-19-14)13-4-2-12(18)3-5-13;/h7,11-13H,2-6,8-10,18H2,1H3;1H/t11-,12?,13?,17-;/m0./s1. The molecule has 1 aromatic rings. The maximum atomic E-state index is 12.9. The molecule has 2 saturated heterocycles. The number of halogens is 1. The number of nitrogens with two attached hydrogens (primary N) is 1. The number of carbonyl (C=O) groups is 2. The topological polar surface area (TPSA) is 113 Å². The van der Waals surface area contributed by atoms with Crippen molar-refractivity contribution >= 4 is 24.3 Å². The molecule has 9 nitrogen and oxygen atoms in total. The number of rotatable bonds is 3. The number of likely N-dealkylation sites (tertiary alicyclic amines) is 1. The first-order valence-corrected chi connectivity index (χ1v) is 9.16. The molecule has 2 aliphatic heterocycles. The predicted octanol–water partition coefficient (Wildman–Crippen LogP) is 0.404. The van der Waals surface area contributed by atoms with E-state index in [4.69, 9.17) is 15.2 Å². The zero-order valence-corrected chi connectivity index (χ0v) is 16.2. The van der Waals surface area contributed by atoms with Gasteiger partial charge in [0.1, 0.15) is 5.41 Å². The van der Waals surface area contributed by atoms with Crippen LogP contribution in [0.25, 0.3) is 0 Å². The van der Waals surface area contributed by atoms with Crippen molar-refractivity contribution in [2.45, 2.75) is 37.8 Å². The van der Waals surface area contributed by atoms with Crippen molar-refractivity contribution in [3.05, 3.63) is 11.9 Å². The Kier molecular flexibility index (Phi) is 5.73. The minimum Gasteiger partial charge on any atom is -0.468 e. The van der Waals surface area contributed by atoms with Crippen LogP contribution < -0.4 is 5.73 Å². The van der Waals surface area contributed by atoms with E-state index in [1.54, 1.807) is 15.8 Å². The summed E-state index contributed by atoms with van der Waals surface area (Å²) in [5.41, 5.74) is 5.52. The lowest BCUT2D eigenvalue weighted by Gasteiger charge is -2.25. The van der Waals surface area contributed by atoms with Crippen LogP contribution >= 0.6 is 12.4 Å². The second-order valence-electron chi connectivity index (χ2n) is 7.70.